The van der Waals surface area contributed by atoms with Crippen LogP contribution in [0.4, 0.5) is 4.79 Å². The largest absolute Gasteiger partial charge is 0.494 e. The van der Waals surface area contributed by atoms with Gasteiger partial charge in [-0.05, 0) is 35.7 Å². The second-order valence-corrected chi connectivity index (χ2v) is 5.99. The number of urea groups is 1. The van der Waals surface area contributed by atoms with Gasteiger partial charge in [-0.25, -0.2) is 9.86 Å². The summed E-state index contributed by atoms with van der Waals surface area (Å²) in [6, 6.07) is 13.9. The number of hydroxylamine groups is 2. The summed E-state index contributed by atoms with van der Waals surface area (Å²) in [5.41, 5.74) is 7.11. The fourth-order valence-corrected chi connectivity index (χ4v) is 2.48. The molecule has 0 atom stereocenters. The maximum atomic E-state index is 12.5. The van der Waals surface area contributed by atoms with E-state index in [4.69, 9.17) is 10.5 Å². The van der Waals surface area contributed by atoms with Crippen LogP contribution in [0.3, 0.4) is 0 Å². The molecule has 0 spiro atoms. The van der Waals surface area contributed by atoms with Crippen LogP contribution >= 0.6 is 0 Å². The summed E-state index contributed by atoms with van der Waals surface area (Å²) in [6.07, 6.45) is 2.08. The molecule has 0 saturated carbocycles. The topological polar surface area (TPSA) is 105 Å². The van der Waals surface area contributed by atoms with Gasteiger partial charge in [-0.1, -0.05) is 43.7 Å². The Bertz CT molecular complexity index is 762. The third kappa shape index (κ3) is 6.00. The number of hydrogen-bond donors (Lipinski definition) is 3. The Labute approximate surface area is 158 Å². The normalized spacial score (nSPS) is 10.3. The van der Waals surface area contributed by atoms with Gasteiger partial charge in [0.1, 0.15) is 5.75 Å². The van der Waals surface area contributed by atoms with Crippen LogP contribution in [-0.2, 0) is 0 Å². The Morgan fingerprint density at radius 2 is 1.85 bits per heavy atom. The van der Waals surface area contributed by atoms with Crippen molar-refractivity contribution in [2.75, 3.05) is 19.7 Å². The van der Waals surface area contributed by atoms with Crippen molar-refractivity contribution in [3.63, 3.8) is 0 Å². The molecule has 0 aliphatic rings. The van der Waals surface area contributed by atoms with Crippen molar-refractivity contribution in [3.05, 3.63) is 54.1 Å². The van der Waals surface area contributed by atoms with Crippen LogP contribution in [0, 0.1) is 0 Å². The number of nitrogens with one attached hydrogen (secondary N) is 1. The Balaban J connectivity index is 2.06. The van der Waals surface area contributed by atoms with Crippen LogP contribution in [0.1, 0.15) is 30.1 Å². The summed E-state index contributed by atoms with van der Waals surface area (Å²) in [5.74, 6) is 0.496. The van der Waals surface area contributed by atoms with E-state index in [0.29, 0.717) is 17.2 Å². The highest BCUT2D eigenvalue weighted by Crippen LogP contribution is 2.26. The van der Waals surface area contributed by atoms with Crippen molar-refractivity contribution in [2.45, 2.75) is 19.8 Å². The van der Waals surface area contributed by atoms with Gasteiger partial charge in [0.25, 0.3) is 5.91 Å². The Hall–Kier alpha value is -3.06. The summed E-state index contributed by atoms with van der Waals surface area (Å²) in [5, 5.41) is 12.3. The maximum absolute atomic E-state index is 12.5. The lowest BCUT2D eigenvalue weighted by molar-refractivity contribution is -0.0376. The molecule has 0 aromatic heterocycles. The highest BCUT2D eigenvalue weighted by atomic mass is 16.5. The first-order valence-electron chi connectivity index (χ1n) is 8.89. The molecule has 0 aliphatic heterocycles. The fraction of sp³-hybridized carbons (Fsp3) is 0.300. The van der Waals surface area contributed by atoms with Crippen molar-refractivity contribution >= 4 is 11.9 Å². The molecular weight excluding hydrogens is 346 g/mol. The number of primary amides is 1. The number of carbonyl (C=O) groups is 2. The van der Waals surface area contributed by atoms with E-state index in [9.17, 15) is 14.8 Å². The molecule has 0 aliphatic carbocycles. The molecule has 7 nitrogen and oxygen atoms in total. The van der Waals surface area contributed by atoms with Crippen molar-refractivity contribution in [1.29, 1.82) is 0 Å². The van der Waals surface area contributed by atoms with Crippen LogP contribution in [0.2, 0.25) is 0 Å². The number of nitrogens with two attached hydrogens (primary N) is 1. The Kier molecular flexibility index (Phi) is 7.63. The molecule has 0 heterocycles. The molecule has 0 fully saturated rings. The first-order chi connectivity index (χ1) is 13.0. The van der Waals surface area contributed by atoms with Crippen molar-refractivity contribution in [3.8, 4) is 16.9 Å². The van der Waals surface area contributed by atoms with E-state index in [1.165, 1.54) is 0 Å². The molecule has 3 amide bonds. The second kappa shape index (κ2) is 10.2. The van der Waals surface area contributed by atoms with Gasteiger partial charge in [0.15, 0.2) is 0 Å². The monoisotopic (exact) mass is 371 g/mol. The lowest BCUT2D eigenvalue weighted by atomic mass is 9.99. The summed E-state index contributed by atoms with van der Waals surface area (Å²) >= 11 is 0. The quantitative estimate of drug-likeness (QED) is 0.358. The maximum Gasteiger partial charge on any atom is 0.338 e. The number of unbranched alkanes of at least 4 members (excludes halogenated alkanes) is 1. The lowest BCUT2D eigenvalue weighted by Crippen LogP contribution is -2.39. The van der Waals surface area contributed by atoms with Gasteiger partial charge in [-0.2, -0.15) is 0 Å². The zero-order valence-corrected chi connectivity index (χ0v) is 15.4. The lowest BCUT2D eigenvalue weighted by Gasteiger charge is -2.14. The van der Waals surface area contributed by atoms with Crippen LogP contribution in [0.25, 0.3) is 11.1 Å². The highest BCUT2D eigenvalue weighted by Gasteiger charge is 2.13. The zero-order valence-electron chi connectivity index (χ0n) is 15.4. The number of rotatable bonds is 9. The van der Waals surface area contributed by atoms with Crippen LogP contribution in [0.15, 0.2) is 48.5 Å². The molecule has 2 aromatic carbocycles. The molecule has 2 aromatic rings. The van der Waals surface area contributed by atoms with Gasteiger partial charge in [-0.3, -0.25) is 10.0 Å². The smallest absolute Gasteiger partial charge is 0.338 e. The predicted octanol–water partition coefficient (Wildman–Crippen LogP) is 3.03. The van der Waals surface area contributed by atoms with E-state index in [-0.39, 0.29) is 19.0 Å². The minimum Gasteiger partial charge on any atom is -0.494 e. The third-order valence-corrected chi connectivity index (χ3v) is 3.97. The second-order valence-electron chi connectivity index (χ2n) is 5.99. The minimum atomic E-state index is -0.967. The van der Waals surface area contributed by atoms with E-state index >= 15 is 0 Å². The minimum absolute atomic E-state index is 0.0802. The molecule has 2 rings (SSSR count). The first-order valence-corrected chi connectivity index (χ1v) is 8.89. The molecule has 27 heavy (non-hydrogen) atoms. The molecular formula is C20H25N3O4. The van der Waals surface area contributed by atoms with Crippen LogP contribution in [-0.4, -0.2) is 41.9 Å². The average molecular weight is 371 g/mol. The van der Waals surface area contributed by atoms with Gasteiger partial charge in [0.2, 0.25) is 0 Å². The first kappa shape index (κ1) is 20.3. The Morgan fingerprint density at radius 1 is 1.15 bits per heavy atom. The number of ether oxygens (including phenoxy) is 1. The Morgan fingerprint density at radius 3 is 2.52 bits per heavy atom. The number of nitrogens with zero attached hydrogens (tertiary/aromatic N) is 1. The number of hydrogen-bond acceptors (Lipinski definition) is 4. The van der Waals surface area contributed by atoms with Gasteiger partial charge >= 0.3 is 6.03 Å². The van der Waals surface area contributed by atoms with Crippen molar-refractivity contribution in [2.24, 2.45) is 5.73 Å². The predicted molar refractivity (Wildman–Crippen MR) is 103 cm³/mol. The van der Waals surface area contributed by atoms with Gasteiger partial charge in [0.05, 0.1) is 13.2 Å². The standard InChI is InChI=1S/C20H25N3O4/c1-2-3-14-27-16-10-8-15(9-11-16)17-6-4-5-7-18(17)19(24)22-12-13-23(26)20(21)25/h4-11,26H,2-3,12-14H2,1H3,(H2,21,25)(H,22,24). The SMILES string of the molecule is CCCCOc1ccc(-c2ccccc2C(=O)NCCN(O)C(N)=O)cc1. The van der Waals surface area contributed by atoms with E-state index in [1.54, 1.807) is 12.1 Å². The van der Waals surface area contributed by atoms with E-state index in [0.717, 1.165) is 29.7 Å². The molecule has 0 unspecified atom stereocenters. The van der Waals surface area contributed by atoms with Crippen molar-refractivity contribution < 1.29 is 19.5 Å². The molecule has 7 heteroatoms. The number of benzene rings is 2. The fourth-order valence-electron chi connectivity index (χ4n) is 2.48. The van der Waals surface area contributed by atoms with E-state index < -0.39 is 6.03 Å². The average Bonchev–Trinajstić information content (AvgIpc) is 2.68. The van der Waals surface area contributed by atoms with E-state index in [1.807, 2.05) is 36.4 Å². The van der Waals surface area contributed by atoms with Crippen molar-refractivity contribution in [1.82, 2.24) is 10.4 Å². The number of amides is 3. The van der Waals surface area contributed by atoms with Gasteiger partial charge < -0.3 is 15.8 Å². The molecule has 0 saturated heterocycles. The highest BCUT2D eigenvalue weighted by molar-refractivity contribution is 6.00. The number of carbonyl (C=O) groups excluding carboxylic acids is 2. The van der Waals surface area contributed by atoms with E-state index in [2.05, 4.69) is 12.2 Å². The van der Waals surface area contributed by atoms with Gasteiger partial charge in [-0.15, -0.1) is 0 Å². The summed E-state index contributed by atoms with van der Waals surface area (Å²) in [6.45, 7) is 2.78. The molecule has 0 bridgehead atoms. The van der Waals surface area contributed by atoms with Crippen LogP contribution in [0.5, 0.6) is 5.75 Å². The molecule has 0 radical (unpaired) electrons. The summed E-state index contributed by atoms with van der Waals surface area (Å²) in [4.78, 5) is 23.2. The van der Waals surface area contributed by atoms with Crippen LogP contribution < -0.4 is 15.8 Å². The molecule has 4 N–H and O–H groups in total. The van der Waals surface area contributed by atoms with Gasteiger partial charge in [0, 0.05) is 12.1 Å². The zero-order chi connectivity index (χ0) is 19.6. The summed E-state index contributed by atoms with van der Waals surface area (Å²) in [7, 11) is 0. The third-order valence-electron chi connectivity index (χ3n) is 3.97. The summed E-state index contributed by atoms with van der Waals surface area (Å²) < 4.78 is 5.66. The molecule has 144 valence electrons.